The fraction of sp³-hybridized carbons (Fsp3) is 0.600. The first-order chi connectivity index (χ1) is 3.81. The van der Waals surface area contributed by atoms with Gasteiger partial charge in [0.1, 0.15) is 6.42 Å². The van der Waals surface area contributed by atoms with Crippen molar-refractivity contribution in [2.45, 2.75) is 13.3 Å². The Morgan fingerprint density at radius 3 is 2.88 bits per heavy atom. The Kier molecular flexibility index (Phi) is 3.59. The van der Waals surface area contributed by atoms with Crippen LogP contribution in [-0.2, 0) is 9.53 Å². The van der Waals surface area contributed by atoms with E-state index in [0.717, 1.165) is 0 Å². The molecule has 0 atom stereocenters. The minimum absolute atomic E-state index is 0.145. The van der Waals surface area contributed by atoms with Crippen molar-refractivity contribution in [2.75, 3.05) is 6.61 Å². The van der Waals surface area contributed by atoms with E-state index in [4.69, 9.17) is 5.26 Å². The van der Waals surface area contributed by atoms with Gasteiger partial charge >= 0.3 is 5.97 Å². The summed E-state index contributed by atoms with van der Waals surface area (Å²) in [6, 6.07) is 1.68. The summed E-state index contributed by atoms with van der Waals surface area (Å²) < 4.78 is 4.42. The first kappa shape index (κ1) is 6.96. The molecule has 0 aromatic carbocycles. The molecule has 0 saturated heterocycles. The second-order valence-corrected chi connectivity index (χ2v) is 1.14. The largest absolute Gasteiger partial charge is 0.465 e. The Hall–Kier alpha value is -1.04. The number of esters is 1. The van der Waals surface area contributed by atoms with Gasteiger partial charge in [-0.05, 0) is 6.92 Å². The fourth-order valence-corrected chi connectivity index (χ4v) is 0.277. The maximum atomic E-state index is 10.2. The molecular weight excluding hydrogens is 109 g/mol. The van der Waals surface area contributed by atoms with Gasteiger partial charge in [0.2, 0.25) is 0 Å². The van der Waals surface area contributed by atoms with Gasteiger partial charge in [0.25, 0.3) is 0 Å². The van der Waals surface area contributed by atoms with Crippen LogP contribution in [0.4, 0.5) is 0 Å². The van der Waals surface area contributed by atoms with Gasteiger partial charge in [0.05, 0.1) is 12.7 Å². The van der Waals surface area contributed by atoms with Gasteiger partial charge < -0.3 is 4.74 Å². The molecule has 0 radical (unpaired) electrons. The van der Waals surface area contributed by atoms with E-state index in [-0.39, 0.29) is 6.42 Å². The number of nitriles is 1. The highest BCUT2D eigenvalue weighted by atomic mass is 16.6. The number of nitrogens with zero attached hydrogens (tertiary/aromatic N) is 1. The number of carbonyl (C=O) groups excluding carboxylic acids is 1. The predicted octanol–water partition coefficient (Wildman–Crippen LogP) is 0.463. The lowest BCUT2D eigenvalue weighted by molar-refractivity contribution is -0.141. The Morgan fingerprint density at radius 1 is 1.88 bits per heavy atom. The average molecular weight is 116 g/mol. The van der Waals surface area contributed by atoms with Crippen molar-refractivity contribution in [3.63, 3.8) is 0 Å². The van der Waals surface area contributed by atoms with Crippen LogP contribution in [0.3, 0.4) is 0 Å². The summed E-state index contributed by atoms with van der Waals surface area (Å²) in [5.74, 6) is -0.449. The molecule has 0 fully saturated rings. The summed E-state index contributed by atoms with van der Waals surface area (Å²) in [5, 5.41) is 7.91. The number of carbonyl (C=O) groups is 1. The second kappa shape index (κ2) is 4.13. The van der Waals surface area contributed by atoms with Crippen LogP contribution in [0.15, 0.2) is 0 Å². The van der Waals surface area contributed by atoms with Crippen LogP contribution in [0.25, 0.3) is 0 Å². The average Bonchev–Trinajstić information content (AvgIpc) is 1.68. The monoisotopic (exact) mass is 116 g/mol. The normalized spacial score (nSPS) is 7.50. The lowest BCUT2D eigenvalue weighted by Crippen LogP contribution is -2.01. The Bertz CT molecular complexity index is 114. The molecule has 8 heavy (non-hydrogen) atoms. The molecule has 0 aliphatic heterocycles. The molecule has 44 valence electrons. The Labute approximate surface area is 47.9 Å². The molecule has 0 aromatic heterocycles. The third kappa shape index (κ3) is 3.16. The Morgan fingerprint density at radius 2 is 2.50 bits per heavy atom. The third-order valence-corrected chi connectivity index (χ3v) is 0.529. The van der Waals surface area contributed by atoms with Crippen molar-refractivity contribution in [3.05, 3.63) is 0 Å². The molecule has 0 N–H and O–H groups in total. The quantitative estimate of drug-likeness (QED) is 0.299. The van der Waals surface area contributed by atoms with Crippen LogP contribution in [0.5, 0.6) is 0 Å². The number of hydrogen-bond acceptors (Lipinski definition) is 3. The summed E-state index contributed by atoms with van der Waals surface area (Å²) in [5.41, 5.74) is 0. The first-order valence-corrected chi connectivity index (χ1v) is 2.33. The molecule has 0 spiro atoms. The Balaban J connectivity index is 3.23. The molecule has 0 aliphatic rings. The summed E-state index contributed by atoms with van der Waals surface area (Å²) >= 11 is 0. The van der Waals surface area contributed by atoms with Gasteiger partial charge in [-0.25, -0.2) is 0 Å². The predicted molar refractivity (Wildman–Crippen MR) is 26.9 cm³/mol. The third-order valence-electron chi connectivity index (χ3n) is 0.529. The lowest BCUT2D eigenvalue weighted by atomic mass is 10.9. The van der Waals surface area contributed by atoms with Crippen molar-refractivity contribution in [1.29, 1.82) is 5.26 Å². The van der Waals surface area contributed by atoms with E-state index in [2.05, 4.69) is 4.74 Å². The van der Waals surface area contributed by atoms with Crippen LogP contribution in [0, 0.1) is 11.3 Å². The van der Waals surface area contributed by atoms with Crippen molar-refractivity contribution < 1.29 is 9.53 Å². The lowest BCUT2D eigenvalue weighted by Gasteiger charge is -1.92. The second-order valence-electron chi connectivity index (χ2n) is 1.14. The smallest absolute Gasteiger partial charge is 0.320 e. The van der Waals surface area contributed by atoms with E-state index in [1.54, 1.807) is 13.0 Å². The molecule has 0 saturated carbocycles. The highest BCUT2D eigenvalue weighted by molar-refractivity contribution is 5.71. The zero-order valence-corrected chi connectivity index (χ0v) is 4.68. The van der Waals surface area contributed by atoms with E-state index in [1.807, 2.05) is 0 Å². The summed E-state index contributed by atoms with van der Waals surface area (Å²) in [6.45, 7) is 2.05. The zero-order valence-electron chi connectivity index (χ0n) is 4.68. The molecule has 0 amide bonds. The van der Waals surface area contributed by atoms with Crippen LogP contribution in [-0.4, -0.2) is 12.6 Å². The topological polar surface area (TPSA) is 50.1 Å². The van der Waals surface area contributed by atoms with Gasteiger partial charge in [0.15, 0.2) is 0 Å². The molecule has 0 rings (SSSR count). The number of hydrogen-bond donors (Lipinski definition) is 0. The molecule has 3 nitrogen and oxygen atoms in total. The van der Waals surface area contributed by atoms with E-state index < -0.39 is 5.97 Å². The maximum absolute atomic E-state index is 10.2. The highest BCUT2D eigenvalue weighted by Crippen LogP contribution is 1.81. The van der Waals surface area contributed by atoms with Crippen molar-refractivity contribution in [2.24, 2.45) is 0 Å². The molecule has 0 aliphatic carbocycles. The SMILES string of the molecule is CCO[13C](=O)C[13C]#[15N]. The minimum atomic E-state index is -0.449. The summed E-state index contributed by atoms with van der Waals surface area (Å²) in [6.07, 6.45) is -0.145. The van der Waals surface area contributed by atoms with Crippen LogP contribution < -0.4 is 0 Å². The summed E-state index contributed by atoms with van der Waals surface area (Å²) in [4.78, 5) is 10.2. The van der Waals surface area contributed by atoms with Crippen molar-refractivity contribution >= 4 is 5.97 Å². The van der Waals surface area contributed by atoms with E-state index in [9.17, 15) is 4.79 Å². The minimum Gasteiger partial charge on any atom is -0.465 e. The van der Waals surface area contributed by atoms with E-state index in [0.29, 0.717) is 6.61 Å². The summed E-state index contributed by atoms with van der Waals surface area (Å²) in [7, 11) is 0. The standard InChI is InChI=1S/C5H7NO2/c1-2-8-5(7)3-4-6/h2-3H2,1H3/i4+1,5+1,6+1. The van der Waals surface area contributed by atoms with Gasteiger partial charge in [-0.3, -0.25) is 4.79 Å². The maximum Gasteiger partial charge on any atom is 0.320 e. The van der Waals surface area contributed by atoms with E-state index in [1.165, 1.54) is 0 Å². The molecule has 0 aromatic rings. The van der Waals surface area contributed by atoms with Crippen LogP contribution in [0.2, 0.25) is 0 Å². The highest BCUT2D eigenvalue weighted by Gasteiger charge is 1.95. The van der Waals surface area contributed by atoms with Crippen molar-refractivity contribution in [3.8, 4) is 6.07 Å². The van der Waals surface area contributed by atoms with E-state index >= 15 is 0 Å². The first-order valence-electron chi connectivity index (χ1n) is 2.33. The molecule has 0 heterocycles. The van der Waals surface area contributed by atoms with Crippen LogP contribution >= 0.6 is 0 Å². The molecular formula is C5H7NO2. The zero-order chi connectivity index (χ0) is 6.41. The fourth-order valence-electron chi connectivity index (χ4n) is 0.277. The number of rotatable bonds is 2. The van der Waals surface area contributed by atoms with Crippen molar-refractivity contribution in [1.82, 2.24) is 0 Å². The van der Waals surface area contributed by atoms with Gasteiger partial charge in [0, 0.05) is 0 Å². The van der Waals surface area contributed by atoms with Gasteiger partial charge in [-0.1, -0.05) is 0 Å². The van der Waals surface area contributed by atoms with Gasteiger partial charge in [-0.15, -0.1) is 0 Å². The van der Waals surface area contributed by atoms with Gasteiger partial charge in [-0.2, -0.15) is 5.26 Å². The number of ether oxygens (including phenoxy) is 1. The van der Waals surface area contributed by atoms with Crippen LogP contribution in [0.1, 0.15) is 13.3 Å². The molecule has 0 unspecified atom stereocenters. The molecule has 3 heteroatoms. The molecule has 0 bridgehead atoms.